The SMILES string of the molecule is CC1(C)c2ccccc2-c2cc3ccc(-c4nc(-c5ccc(-c6ccccc6)cc5)nc(-c5ccc(-c6ccccc6)cc5)n4)cc3cc21. The quantitative estimate of drug-likeness (QED) is 0.191. The minimum absolute atomic E-state index is 0.0680. The molecule has 7 aromatic carbocycles. The van der Waals surface area contributed by atoms with E-state index < -0.39 is 0 Å². The Morgan fingerprint density at radius 2 is 0.776 bits per heavy atom. The van der Waals surface area contributed by atoms with Gasteiger partial charge in [0.2, 0.25) is 0 Å². The maximum absolute atomic E-state index is 5.09. The molecule has 0 amide bonds. The minimum Gasteiger partial charge on any atom is -0.208 e. The zero-order chi connectivity index (χ0) is 33.0. The Bertz CT molecular complexity index is 2380. The van der Waals surface area contributed by atoms with E-state index in [4.69, 9.17) is 15.0 Å². The normalized spacial score (nSPS) is 12.9. The molecule has 0 saturated carbocycles. The van der Waals surface area contributed by atoms with E-state index in [9.17, 15) is 0 Å². The second-order valence-electron chi connectivity index (χ2n) is 13.3. The van der Waals surface area contributed by atoms with E-state index >= 15 is 0 Å². The molecule has 3 nitrogen and oxygen atoms in total. The Hall–Kier alpha value is -6.19. The van der Waals surface area contributed by atoms with Crippen LogP contribution in [-0.2, 0) is 5.41 Å². The third-order valence-corrected chi connectivity index (χ3v) is 9.93. The highest BCUT2D eigenvalue weighted by Crippen LogP contribution is 2.49. The Kier molecular flexibility index (Phi) is 6.80. The molecule has 232 valence electrons. The molecule has 3 heteroatoms. The van der Waals surface area contributed by atoms with Crippen molar-refractivity contribution in [3.8, 4) is 67.5 Å². The third-order valence-electron chi connectivity index (χ3n) is 9.93. The van der Waals surface area contributed by atoms with Crippen LogP contribution < -0.4 is 0 Å². The Morgan fingerprint density at radius 3 is 1.35 bits per heavy atom. The third kappa shape index (κ3) is 5.12. The van der Waals surface area contributed by atoms with E-state index in [1.807, 2.05) is 12.1 Å². The molecule has 0 bridgehead atoms. The lowest BCUT2D eigenvalue weighted by atomic mass is 9.82. The second kappa shape index (κ2) is 11.5. The molecule has 0 aliphatic heterocycles. The molecule has 0 N–H and O–H groups in total. The molecule has 0 saturated heterocycles. The van der Waals surface area contributed by atoms with Crippen molar-refractivity contribution in [2.45, 2.75) is 19.3 Å². The molecule has 1 heterocycles. The van der Waals surface area contributed by atoms with Gasteiger partial charge in [0.15, 0.2) is 17.5 Å². The van der Waals surface area contributed by atoms with Crippen molar-refractivity contribution in [3.63, 3.8) is 0 Å². The standard InChI is InChI=1S/C46H33N3/c1-46(2)41-16-10-9-15-39(41)40-28-36-25-26-37(27-38(36)29-42(40)46)45-48-43(34-21-17-32(18-22-34)30-11-5-3-6-12-30)47-44(49-45)35-23-19-33(20-24-35)31-13-7-4-8-14-31/h3-29H,1-2H3. The number of nitrogens with zero attached hydrogens (tertiary/aromatic N) is 3. The molecule has 0 fully saturated rings. The van der Waals surface area contributed by atoms with Gasteiger partial charge in [-0.1, -0.05) is 159 Å². The second-order valence-corrected chi connectivity index (χ2v) is 13.3. The summed E-state index contributed by atoms with van der Waals surface area (Å²) >= 11 is 0. The van der Waals surface area contributed by atoms with Crippen LogP contribution in [0.5, 0.6) is 0 Å². The van der Waals surface area contributed by atoms with Gasteiger partial charge < -0.3 is 0 Å². The molecule has 1 aromatic heterocycles. The molecule has 0 unspecified atom stereocenters. The van der Waals surface area contributed by atoms with Gasteiger partial charge >= 0.3 is 0 Å². The zero-order valence-electron chi connectivity index (χ0n) is 27.4. The molecule has 1 aliphatic carbocycles. The van der Waals surface area contributed by atoms with Gasteiger partial charge in [-0.15, -0.1) is 0 Å². The number of aromatic nitrogens is 3. The minimum atomic E-state index is -0.0680. The van der Waals surface area contributed by atoms with Gasteiger partial charge in [0.25, 0.3) is 0 Å². The van der Waals surface area contributed by atoms with E-state index in [2.05, 4.69) is 166 Å². The van der Waals surface area contributed by atoms with Gasteiger partial charge in [-0.25, -0.2) is 15.0 Å². The maximum Gasteiger partial charge on any atom is 0.164 e. The van der Waals surface area contributed by atoms with Crippen LogP contribution in [0.2, 0.25) is 0 Å². The van der Waals surface area contributed by atoms with Crippen LogP contribution in [0.1, 0.15) is 25.0 Å². The van der Waals surface area contributed by atoms with Crippen molar-refractivity contribution in [1.29, 1.82) is 0 Å². The van der Waals surface area contributed by atoms with Crippen molar-refractivity contribution < 1.29 is 0 Å². The van der Waals surface area contributed by atoms with Crippen LogP contribution in [0.3, 0.4) is 0 Å². The predicted octanol–water partition coefficient (Wildman–Crippen LogP) is 11.7. The Morgan fingerprint density at radius 1 is 0.327 bits per heavy atom. The van der Waals surface area contributed by atoms with Crippen LogP contribution in [0, 0.1) is 0 Å². The number of benzene rings is 7. The number of rotatable bonds is 5. The maximum atomic E-state index is 5.09. The average Bonchev–Trinajstić information content (AvgIpc) is 3.39. The molecular weight excluding hydrogens is 595 g/mol. The predicted molar refractivity (Wildman–Crippen MR) is 202 cm³/mol. The van der Waals surface area contributed by atoms with Gasteiger partial charge in [0.1, 0.15) is 0 Å². The van der Waals surface area contributed by atoms with Gasteiger partial charge in [0.05, 0.1) is 0 Å². The Labute approximate surface area is 286 Å². The molecule has 0 atom stereocenters. The van der Waals surface area contributed by atoms with Crippen LogP contribution >= 0.6 is 0 Å². The van der Waals surface area contributed by atoms with Crippen LogP contribution in [0.25, 0.3) is 78.3 Å². The van der Waals surface area contributed by atoms with Crippen molar-refractivity contribution in [3.05, 3.63) is 175 Å². The highest BCUT2D eigenvalue weighted by molar-refractivity contribution is 5.95. The summed E-state index contributed by atoms with van der Waals surface area (Å²) in [5.41, 5.74) is 12.8. The molecule has 1 aliphatic rings. The number of hydrogen-bond acceptors (Lipinski definition) is 3. The molecule has 8 aromatic rings. The van der Waals surface area contributed by atoms with Crippen molar-refractivity contribution in [2.24, 2.45) is 0 Å². The van der Waals surface area contributed by atoms with Gasteiger partial charge in [-0.05, 0) is 73.5 Å². The fourth-order valence-corrected chi connectivity index (χ4v) is 7.23. The molecular formula is C46H33N3. The highest BCUT2D eigenvalue weighted by atomic mass is 15.0. The van der Waals surface area contributed by atoms with Crippen molar-refractivity contribution in [1.82, 2.24) is 15.0 Å². The molecule has 49 heavy (non-hydrogen) atoms. The van der Waals surface area contributed by atoms with E-state index in [1.165, 1.54) is 44.2 Å². The summed E-state index contributed by atoms with van der Waals surface area (Å²) in [6.07, 6.45) is 0. The van der Waals surface area contributed by atoms with E-state index in [-0.39, 0.29) is 5.41 Å². The largest absolute Gasteiger partial charge is 0.208 e. The number of fused-ring (bicyclic) bond motifs is 4. The smallest absolute Gasteiger partial charge is 0.164 e. The van der Waals surface area contributed by atoms with Gasteiger partial charge in [-0.2, -0.15) is 0 Å². The summed E-state index contributed by atoms with van der Waals surface area (Å²) in [5.74, 6) is 1.96. The van der Waals surface area contributed by atoms with Crippen LogP contribution in [-0.4, -0.2) is 15.0 Å². The van der Waals surface area contributed by atoms with E-state index in [1.54, 1.807) is 0 Å². The zero-order valence-corrected chi connectivity index (χ0v) is 27.4. The topological polar surface area (TPSA) is 38.7 Å². The van der Waals surface area contributed by atoms with E-state index in [0.29, 0.717) is 17.5 Å². The van der Waals surface area contributed by atoms with Gasteiger partial charge in [0, 0.05) is 22.1 Å². The first-order valence-electron chi connectivity index (χ1n) is 16.8. The lowest BCUT2D eigenvalue weighted by Gasteiger charge is -2.21. The van der Waals surface area contributed by atoms with Gasteiger partial charge in [-0.3, -0.25) is 0 Å². The monoisotopic (exact) mass is 627 g/mol. The lowest BCUT2D eigenvalue weighted by molar-refractivity contribution is 0.661. The summed E-state index contributed by atoms with van der Waals surface area (Å²) in [6, 6.07) is 57.9. The lowest BCUT2D eigenvalue weighted by Crippen LogP contribution is -2.14. The summed E-state index contributed by atoms with van der Waals surface area (Å²) in [4.78, 5) is 15.2. The summed E-state index contributed by atoms with van der Waals surface area (Å²) in [6.45, 7) is 4.65. The fourth-order valence-electron chi connectivity index (χ4n) is 7.23. The Balaban J connectivity index is 1.16. The van der Waals surface area contributed by atoms with Crippen LogP contribution in [0.4, 0.5) is 0 Å². The van der Waals surface area contributed by atoms with E-state index in [0.717, 1.165) is 27.8 Å². The first-order valence-corrected chi connectivity index (χ1v) is 16.8. The first kappa shape index (κ1) is 29.0. The summed E-state index contributed by atoms with van der Waals surface area (Å²) in [5, 5.41) is 2.39. The number of hydrogen-bond donors (Lipinski definition) is 0. The highest BCUT2D eigenvalue weighted by Gasteiger charge is 2.35. The summed E-state index contributed by atoms with van der Waals surface area (Å²) < 4.78 is 0. The fraction of sp³-hybridized carbons (Fsp3) is 0.0652. The van der Waals surface area contributed by atoms with Crippen molar-refractivity contribution in [2.75, 3.05) is 0 Å². The molecule has 0 radical (unpaired) electrons. The molecule has 0 spiro atoms. The summed E-state index contributed by atoms with van der Waals surface area (Å²) in [7, 11) is 0. The van der Waals surface area contributed by atoms with Crippen molar-refractivity contribution >= 4 is 10.8 Å². The van der Waals surface area contributed by atoms with Crippen LogP contribution in [0.15, 0.2) is 164 Å². The molecule has 9 rings (SSSR count). The first-order chi connectivity index (χ1) is 24.0. The average molecular weight is 628 g/mol.